The van der Waals surface area contributed by atoms with E-state index in [4.69, 9.17) is 0 Å². The van der Waals surface area contributed by atoms with E-state index >= 15 is 0 Å². The molecule has 0 aromatic heterocycles. The summed E-state index contributed by atoms with van der Waals surface area (Å²) in [6, 6.07) is 18.5. The van der Waals surface area contributed by atoms with Gasteiger partial charge in [-0.2, -0.15) is 0 Å². The molecule has 0 saturated carbocycles. The van der Waals surface area contributed by atoms with E-state index in [2.05, 4.69) is 40.2 Å². The predicted octanol–water partition coefficient (Wildman–Crippen LogP) is 3.34. The summed E-state index contributed by atoms with van der Waals surface area (Å²) >= 11 is 3.47. The molecule has 0 spiro atoms. The van der Waals surface area contributed by atoms with E-state index < -0.39 is 6.10 Å². The Hall–Kier alpha value is -1.16. The molecular weight excluding hydrogens is 350 g/mol. The first-order chi connectivity index (χ1) is 11.2. The number of hydrogen-bond donors (Lipinski definition) is 2. The lowest BCUT2D eigenvalue weighted by Gasteiger charge is -2.30. The van der Waals surface area contributed by atoms with Crippen molar-refractivity contribution in [2.24, 2.45) is 0 Å². The van der Waals surface area contributed by atoms with Crippen LogP contribution in [0.2, 0.25) is 0 Å². The van der Waals surface area contributed by atoms with Gasteiger partial charge in [0.05, 0.1) is 31.7 Å². The number of hydrogen-bond acceptors (Lipinski definition) is 1. The molecular formula is C20H25BrNO+. The molecule has 2 atom stereocenters. The third-order valence-corrected chi connectivity index (χ3v) is 5.42. The summed E-state index contributed by atoms with van der Waals surface area (Å²) < 4.78 is 1.05. The number of quaternary nitrogens is 1. The normalized spacial score (nSPS) is 18.5. The Bertz CT molecular complexity index is 593. The van der Waals surface area contributed by atoms with Crippen molar-refractivity contribution in [2.75, 3.05) is 19.6 Å². The van der Waals surface area contributed by atoms with Crippen LogP contribution >= 0.6 is 15.9 Å². The number of likely N-dealkylation sites (tertiary alicyclic amines) is 1. The molecule has 0 unspecified atom stereocenters. The van der Waals surface area contributed by atoms with Crippen LogP contribution in [0.25, 0.3) is 0 Å². The second-order valence-corrected chi connectivity index (χ2v) is 7.44. The maximum Gasteiger partial charge on any atom is 0.0912 e. The molecule has 1 saturated heterocycles. The van der Waals surface area contributed by atoms with Gasteiger partial charge < -0.3 is 10.0 Å². The number of aliphatic hydroxyl groups excluding tert-OH is 1. The highest BCUT2D eigenvalue weighted by molar-refractivity contribution is 9.10. The number of piperidine rings is 1. The lowest BCUT2D eigenvalue weighted by Crippen LogP contribution is -3.13. The zero-order valence-corrected chi connectivity index (χ0v) is 15.0. The first-order valence-corrected chi connectivity index (χ1v) is 9.35. The lowest BCUT2D eigenvalue weighted by atomic mass is 9.88. The van der Waals surface area contributed by atoms with Gasteiger partial charge in [0, 0.05) is 4.47 Å². The fourth-order valence-electron chi connectivity index (χ4n) is 3.57. The van der Waals surface area contributed by atoms with E-state index in [1.807, 2.05) is 30.3 Å². The third-order valence-electron chi connectivity index (χ3n) is 4.89. The molecule has 0 bridgehead atoms. The average Bonchev–Trinajstić information content (AvgIpc) is 2.61. The van der Waals surface area contributed by atoms with Crippen LogP contribution in [0.1, 0.15) is 42.4 Å². The Kier molecular flexibility index (Phi) is 5.87. The van der Waals surface area contributed by atoms with Gasteiger partial charge in [0.1, 0.15) is 0 Å². The van der Waals surface area contributed by atoms with Gasteiger partial charge in [0.15, 0.2) is 0 Å². The molecule has 0 amide bonds. The van der Waals surface area contributed by atoms with Crippen molar-refractivity contribution in [1.82, 2.24) is 0 Å². The molecule has 1 heterocycles. The van der Waals surface area contributed by atoms with Crippen LogP contribution in [-0.2, 0) is 0 Å². The van der Waals surface area contributed by atoms with Crippen LogP contribution in [0.5, 0.6) is 0 Å². The summed E-state index contributed by atoms with van der Waals surface area (Å²) in [5.41, 5.74) is 2.24. The van der Waals surface area contributed by atoms with Crippen molar-refractivity contribution >= 4 is 15.9 Å². The molecule has 3 heteroatoms. The molecule has 3 rings (SSSR count). The summed E-state index contributed by atoms with van der Waals surface area (Å²) in [4.78, 5) is 1.63. The van der Waals surface area contributed by atoms with Crippen LogP contribution in [-0.4, -0.2) is 24.7 Å². The maximum atomic E-state index is 11.0. The third kappa shape index (κ3) is 4.43. The topological polar surface area (TPSA) is 24.7 Å². The van der Waals surface area contributed by atoms with Crippen molar-refractivity contribution in [1.29, 1.82) is 0 Å². The smallest absolute Gasteiger partial charge is 0.0912 e. The van der Waals surface area contributed by atoms with Crippen molar-refractivity contribution in [2.45, 2.75) is 31.3 Å². The summed E-state index contributed by atoms with van der Waals surface area (Å²) in [6.07, 6.45) is 3.52. The number of aliphatic hydroxyl groups is 1. The average molecular weight is 375 g/mol. The van der Waals surface area contributed by atoms with Crippen molar-refractivity contribution < 1.29 is 10.0 Å². The van der Waals surface area contributed by atoms with E-state index in [-0.39, 0.29) is 5.92 Å². The zero-order chi connectivity index (χ0) is 16.1. The molecule has 1 aliphatic rings. The van der Waals surface area contributed by atoms with Gasteiger partial charge in [0.2, 0.25) is 0 Å². The molecule has 0 aliphatic carbocycles. The molecule has 2 aromatic rings. The molecule has 23 heavy (non-hydrogen) atoms. The summed E-state index contributed by atoms with van der Waals surface area (Å²) in [6.45, 7) is 3.47. The van der Waals surface area contributed by atoms with Crippen molar-refractivity contribution in [3.63, 3.8) is 0 Å². The Labute approximate surface area is 147 Å². The SMILES string of the molecule is O[C@H](c1ccc(Br)cc1)[C@@H](C[NH+]1CCCCC1)c1ccccc1. The Morgan fingerprint density at radius 2 is 1.52 bits per heavy atom. The number of rotatable bonds is 5. The minimum Gasteiger partial charge on any atom is -0.388 e. The first-order valence-electron chi connectivity index (χ1n) is 8.56. The summed E-state index contributed by atoms with van der Waals surface area (Å²) in [5, 5.41) is 11.0. The van der Waals surface area contributed by atoms with E-state index in [9.17, 15) is 5.11 Å². The second-order valence-electron chi connectivity index (χ2n) is 6.53. The van der Waals surface area contributed by atoms with Crippen LogP contribution in [0, 0.1) is 0 Å². The zero-order valence-electron chi connectivity index (χ0n) is 13.4. The highest BCUT2D eigenvalue weighted by atomic mass is 79.9. The predicted molar refractivity (Wildman–Crippen MR) is 97.7 cm³/mol. The van der Waals surface area contributed by atoms with Crippen LogP contribution in [0.4, 0.5) is 0 Å². The molecule has 0 radical (unpaired) electrons. The van der Waals surface area contributed by atoms with Crippen molar-refractivity contribution in [3.8, 4) is 0 Å². The van der Waals surface area contributed by atoms with Gasteiger partial charge in [-0.15, -0.1) is 0 Å². The quantitative estimate of drug-likeness (QED) is 0.823. The number of benzene rings is 2. The molecule has 2 aromatic carbocycles. The lowest BCUT2D eigenvalue weighted by molar-refractivity contribution is -0.906. The molecule has 2 nitrogen and oxygen atoms in total. The fourth-order valence-corrected chi connectivity index (χ4v) is 3.84. The minimum atomic E-state index is -0.458. The van der Waals surface area contributed by atoms with Gasteiger partial charge in [0.25, 0.3) is 0 Å². The summed E-state index contributed by atoms with van der Waals surface area (Å²) in [5.74, 6) is 0.144. The van der Waals surface area contributed by atoms with Crippen molar-refractivity contribution in [3.05, 3.63) is 70.2 Å². The largest absolute Gasteiger partial charge is 0.388 e. The molecule has 122 valence electrons. The first kappa shape index (κ1) is 16.7. The van der Waals surface area contributed by atoms with Gasteiger partial charge in [-0.05, 0) is 42.5 Å². The second kappa shape index (κ2) is 8.09. The number of nitrogens with one attached hydrogen (secondary N) is 1. The van der Waals surface area contributed by atoms with E-state index in [1.54, 1.807) is 4.90 Å². The van der Waals surface area contributed by atoms with Crippen LogP contribution in [0.15, 0.2) is 59.1 Å². The Morgan fingerprint density at radius 1 is 0.870 bits per heavy atom. The molecule has 1 fully saturated rings. The fraction of sp³-hybridized carbons (Fsp3) is 0.400. The van der Waals surface area contributed by atoms with E-state index in [1.165, 1.54) is 37.9 Å². The van der Waals surface area contributed by atoms with Gasteiger partial charge >= 0.3 is 0 Å². The minimum absolute atomic E-state index is 0.144. The van der Waals surface area contributed by atoms with Gasteiger partial charge in [-0.3, -0.25) is 0 Å². The Balaban J connectivity index is 1.83. The number of halogens is 1. The van der Waals surface area contributed by atoms with Crippen LogP contribution in [0.3, 0.4) is 0 Å². The van der Waals surface area contributed by atoms with Gasteiger partial charge in [-0.25, -0.2) is 0 Å². The highest BCUT2D eigenvalue weighted by Gasteiger charge is 2.28. The standard InChI is InChI=1S/C20H24BrNO/c21-18-11-9-17(10-12-18)20(23)19(16-7-3-1-4-8-16)15-22-13-5-2-6-14-22/h1,3-4,7-12,19-20,23H,2,5-6,13-15H2/p+1/t19-,20+/m0/s1. The molecule has 2 N–H and O–H groups in total. The van der Waals surface area contributed by atoms with Crippen LogP contribution < -0.4 is 4.90 Å². The monoisotopic (exact) mass is 374 g/mol. The molecule has 1 aliphatic heterocycles. The maximum absolute atomic E-state index is 11.0. The van der Waals surface area contributed by atoms with E-state index in [0.29, 0.717) is 0 Å². The van der Waals surface area contributed by atoms with Gasteiger partial charge in [-0.1, -0.05) is 58.4 Å². The highest BCUT2D eigenvalue weighted by Crippen LogP contribution is 2.30. The summed E-state index contributed by atoms with van der Waals surface area (Å²) in [7, 11) is 0. The van der Waals surface area contributed by atoms with E-state index in [0.717, 1.165) is 16.6 Å². The Morgan fingerprint density at radius 3 is 2.17 bits per heavy atom.